The highest BCUT2D eigenvalue weighted by Crippen LogP contribution is 1.77. The van der Waals surface area contributed by atoms with Crippen molar-refractivity contribution in [2.24, 2.45) is 0 Å². The van der Waals surface area contributed by atoms with Crippen LogP contribution in [0.2, 0.25) is 0 Å². The molecular formula is C6H16N2O3S. The first-order chi connectivity index (χ1) is 5.42. The summed E-state index contributed by atoms with van der Waals surface area (Å²) >= 11 is 0. The van der Waals surface area contributed by atoms with Crippen molar-refractivity contribution in [1.29, 1.82) is 0 Å². The largest absolute Gasteiger partial charge is 0.300 e. The first-order valence-corrected chi connectivity index (χ1v) is 5.63. The van der Waals surface area contributed by atoms with Crippen LogP contribution in [-0.2, 0) is 14.9 Å². The van der Waals surface area contributed by atoms with Crippen LogP contribution in [0.15, 0.2) is 0 Å². The van der Waals surface area contributed by atoms with E-state index >= 15 is 0 Å². The number of hydrogen-bond donors (Lipinski definition) is 2. The van der Waals surface area contributed by atoms with E-state index in [0.29, 0.717) is 13.2 Å². The molecule has 0 aromatic rings. The zero-order valence-electron chi connectivity index (χ0n) is 7.62. The van der Waals surface area contributed by atoms with E-state index in [9.17, 15) is 8.42 Å². The Bertz CT molecular complexity index is 201. The molecule has 0 radical (unpaired) electrons. The van der Waals surface area contributed by atoms with E-state index < -0.39 is 10.0 Å². The summed E-state index contributed by atoms with van der Waals surface area (Å²) in [6, 6.07) is 0.239. The SMILES string of the molecule is CC(C)NOCCNS(C)(=O)=O. The van der Waals surface area contributed by atoms with E-state index in [4.69, 9.17) is 4.84 Å². The summed E-state index contributed by atoms with van der Waals surface area (Å²) in [6.45, 7) is 4.48. The molecule has 0 rings (SSSR count). The van der Waals surface area contributed by atoms with Gasteiger partial charge in [-0.25, -0.2) is 18.6 Å². The lowest BCUT2D eigenvalue weighted by molar-refractivity contribution is 0.0280. The Morgan fingerprint density at radius 1 is 1.42 bits per heavy atom. The monoisotopic (exact) mass is 196 g/mol. The van der Waals surface area contributed by atoms with Gasteiger partial charge in [0.2, 0.25) is 10.0 Å². The van der Waals surface area contributed by atoms with Crippen LogP contribution < -0.4 is 10.2 Å². The molecule has 2 N–H and O–H groups in total. The lowest BCUT2D eigenvalue weighted by atomic mass is 10.4. The molecule has 0 atom stereocenters. The van der Waals surface area contributed by atoms with Crippen molar-refractivity contribution in [3.05, 3.63) is 0 Å². The van der Waals surface area contributed by atoms with Gasteiger partial charge in [0.15, 0.2) is 0 Å². The van der Waals surface area contributed by atoms with Crippen molar-refractivity contribution in [1.82, 2.24) is 10.2 Å². The molecular weight excluding hydrogens is 180 g/mol. The van der Waals surface area contributed by atoms with Crippen LogP contribution in [0.5, 0.6) is 0 Å². The van der Waals surface area contributed by atoms with E-state index in [0.717, 1.165) is 6.26 Å². The van der Waals surface area contributed by atoms with Gasteiger partial charge in [-0.1, -0.05) is 0 Å². The first-order valence-electron chi connectivity index (χ1n) is 3.74. The van der Waals surface area contributed by atoms with Gasteiger partial charge >= 0.3 is 0 Å². The molecule has 74 valence electrons. The molecule has 0 aromatic heterocycles. The average Bonchev–Trinajstić information content (AvgIpc) is 1.83. The highest BCUT2D eigenvalue weighted by Gasteiger charge is 1.98. The van der Waals surface area contributed by atoms with E-state index in [-0.39, 0.29) is 6.04 Å². The van der Waals surface area contributed by atoms with Crippen LogP contribution >= 0.6 is 0 Å². The normalized spacial score (nSPS) is 12.3. The van der Waals surface area contributed by atoms with Gasteiger partial charge in [-0.15, -0.1) is 0 Å². The Balaban J connectivity index is 3.23. The number of sulfonamides is 1. The molecule has 0 saturated carbocycles. The second-order valence-corrected chi connectivity index (χ2v) is 4.62. The molecule has 0 fully saturated rings. The van der Waals surface area contributed by atoms with Gasteiger partial charge in [0.25, 0.3) is 0 Å². The van der Waals surface area contributed by atoms with E-state index in [2.05, 4.69) is 10.2 Å². The summed E-state index contributed by atoms with van der Waals surface area (Å²) in [5.41, 5.74) is 2.70. The number of rotatable bonds is 6. The summed E-state index contributed by atoms with van der Waals surface area (Å²) < 4.78 is 23.4. The molecule has 0 aliphatic heterocycles. The van der Waals surface area contributed by atoms with E-state index in [1.807, 2.05) is 13.8 Å². The summed E-state index contributed by atoms with van der Waals surface area (Å²) in [5.74, 6) is 0. The predicted octanol–water partition coefficient (Wildman–Crippen LogP) is -0.535. The van der Waals surface area contributed by atoms with Gasteiger partial charge in [-0.2, -0.15) is 0 Å². The summed E-state index contributed by atoms with van der Waals surface area (Å²) in [5, 5.41) is 0. The van der Waals surface area contributed by atoms with Crippen molar-refractivity contribution in [2.45, 2.75) is 19.9 Å². The van der Waals surface area contributed by atoms with Crippen LogP contribution in [0, 0.1) is 0 Å². The first kappa shape index (κ1) is 11.8. The minimum absolute atomic E-state index is 0.239. The lowest BCUT2D eigenvalue weighted by Gasteiger charge is -2.08. The van der Waals surface area contributed by atoms with Crippen molar-refractivity contribution >= 4 is 10.0 Å². The van der Waals surface area contributed by atoms with Crippen LogP contribution in [0.3, 0.4) is 0 Å². The molecule has 0 aliphatic rings. The number of nitrogens with one attached hydrogen (secondary N) is 2. The third kappa shape index (κ3) is 9.83. The van der Waals surface area contributed by atoms with E-state index in [1.165, 1.54) is 0 Å². The summed E-state index contributed by atoms with van der Waals surface area (Å²) in [4.78, 5) is 4.91. The second kappa shape index (κ2) is 5.47. The highest BCUT2D eigenvalue weighted by molar-refractivity contribution is 7.88. The van der Waals surface area contributed by atoms with Crippen LogP contribution in [0.25, 0.3) is 0 Å². The molecule has 0 bridgehead atoms. The molecule has 5 nitrogen and oxygen atoms in total. The van der Waals surface area contributed by atoms with Gasteiger partial charge < -0.3 is 4.84 Å². The lowest BCUT2D eigenvalue weighted by Crippen LogP contribution is -2.30. The van der Waals surface area contributed by atoms with Crippen molar-refractivity contribution in [2.75, 3.05) is 19.4 Å². The molecule has 0 spiro atoms. The van der Waals surface area contributed by atoms with Crippen molar-refractivity contribution in [3.63, 3.8) is 0 Å². The molecule has 0 amide bonds. The molecule has 0 heterocycles. The maximum atomic E-state index is 10.5. The molecule has 12 heavy (non-hydrogen) atoms. The summed E-state index contributed by atoms with van der Waals surface area (Å²) in [7, 11) is -3.08. The number of hydroxylamine groups is 1. The van der Waals surface area contributed by atoms with E-state index in [1.54, 1.807) is 0 Å². The Kier molecular flexibility index (Phi) is 5.39. The smallest absolute Gasteiger partial charge is 0.208 e. The third-order valence-corrected chi connectivity index (χ3v) is 1.62. The predicted molar refractivity (Wildman–Crippen MR) is 47.1 cm³/mol. The average molecular weight is 196 g/mol. The van der Waals surface area contributed by atoms with Crippen LogP contribution in [0.4, 0.5) is 0 Å². The Morgan fingerprint density at radius 2 is 2.00 bits per heavy atom. The van der Waals surface area contributed by atoms with Gasteiger partial charge in [0.1, 0.15) is 0 Å². The van der Waals surface area contributed by atoms with Gasteiger partial charge in [-0.3, -0.25) is 0 Å². The fourth-order valence-corrected chi connectivity index (χ4v) is 0.958. The zero-order valence-corrected chi connectivity index (χ0v) is 8.44. The van der Waals surface area contributed by atoms with Gasteiger partial charge in [0, 0.05) is 12.6 Å². The molecule has 0 unspecified atom stereocenters. The Morgan fingerprint density at radius 3 is 2.42 bits per heavy atom. The van der Waals surface area contributed by atoms with Crippen molar-refractivity contribution in [3.8, 4) is 0 Å². The highest BCUT2D eigenvalue weighted by atomic mass is 32.2. The summed E-state index contributed by atoms with van der Waals surface area (Å²) in [6.07, 6.45) is 1.11. The standard InChI is InChI=1S/C6H16N2O3S/c1-6(2)8-11-5-4-7-12(3,9)10/h6-8H,4-5H2,1-3H3. The Labute approximate surface area is 73.5 Å². The molecule has 0 aromatic carbocycles. The quantitative estimate of drug-likeness (QED) is 0.442. The fourth-order valence-electron chi connectivity index (χ4n) is 0.504. The van der Waals surface area contributed by atoms with Crippen molar-refractivity contribution < 1.29 is 13.3 Å². The maximum absolute atomic E-state index is 10.5. The fraction of sp³-hybridized carbons (Fsp3) is 1.00. The number of hydrogen-bond acceptors (Lipinski definition) is 4. The van der Waals surface area contributed by atoms with Gasteiger partial charge in [-0.05, 0) is 13.8 Å². The molecule has 6 heteroatoms. The minimum Gasteiger partial charge on any atom is -0.300 e. The Hall–Kier alpha value is -0.170. The minimum atomic E-state index is -3.08. The third-order valence-electron chi connectivity index (χ3n) is 0.887. The van der Waals surface area contributed by atoms with Crippen LogP contribution in [-0.4, -0.2) is 33.9 Å². The molecule has 0 saturated heterocycles. The zero-order chi connectivity index (χ0) is 9.61. The molecule has 0 aliphatic carbocycles. The maximum Gasteiger partial charge on any atom is 0.208 e. The topological polar surface area (TPSA) is 67.4 Å². The van der Waals surface area contributed by atoms with Crippen LogP contribution in [0.1, 0.15) is 13.8 Å². The second-order valence-electron chi connectivity index (χ2n) is 2.79. The van der Waals surface area contributed by atoms with Gasteiger partial charge in [0.05, 0.1) is 12.9 Å².